The van der Waals surface area contributed by atoms with Gasteiger partial charge in [-0.2, -0.15) is 5.10 Å². The maximum Gasteiger partial charge on any atom is 0.317 e. The van der Waals surface area contributed by atoms with Gasteiger partial charge in [-0.3, -0.25) is 9.48 Å². The number of hydrogen-bond acceptors (Lipinski definition) is 4. The third-order valence-corrected chi connectivity index (χ3v) is 4.53. The summed E-state index contributed by atoms with van der Waals surface area (Å²) in [6.45, 7) is 6.26. The molecule has 0 saturated carbocycles. The van der Waals surface area contributed by atoms with Gasteiger partial charge in [-0.25, -0.2) is 9.78 Å². The van der Waals surface area contributed by atoms with Gasteiger partial charge in [0.2, 0.25) is 5.91 Å². The highest BCUT2D eigenvalue weighted by Crippen LogP contribution is 2.25. The molecule has 1 aliphatic rings. The molecule has 1 aliphatic heterocycles. The van der Waals surface area contributed by atoms with Gasteiger partial charge in [-0.15, -0.1) is 0 Å². The van der Waals surface area contributed by atoms with E-state index in [1.165, 1.54) is 11.2 Å². The summed E-state index contributed by atoms with van der Waals surface area (Å²) in [5.41, 5.74) is 0. The average Bonchev–Trinajstić information content (AvgIpc) is 3.16. The third-order valence-electron chi connectivity index (χ3n) is 4.53. The summed E-state index contributed by atoms with van der Waals surface area (Å²) in [4.78, 5) is 31.7. The smallest absolute Gasteiger partial charge is 0.317 e. The molecule has 1 aromatic heterocycles. The zero-order valence-corrected chi connectivity index (χ0v) is 15.0. The van der Waals surface area contributed by atoms with Crippen LogP contribution in [0.4, 0.5) is 4.79 Å². The van der Waals surface area contributed by atoms with E-state index in [1.807, 2.05) is 4.90 Å². The number of urea groups is 1. The molecule has 0 aromatic carbocycles. The molecule has 1 N–H and O–H groups in total. The van der Waals surface area contributed by atoms with E-state index >= 15 is 0 Å². The zero-order chi connectivity index (χ0) is 17.7. The van der Waals surface area contributed by atoms with Crippen LogP contribution >= 0.6 is 0 Å². The molecule has 0 spiro atoms. The number of carbonyl (C=O) groups excluding carboxylic acids is 2. The van der Waals surface area contributed by atoms with Crippen LogP contribution in [0.15, 0.2) is 12.7 Å². The molecule has 0 aliphatic carbocycles. The molecule has 1 fully saturated rings. The molecule has 1 aromatic rings. The molecule has 8 heteroatoms. The Morgan fingerprint density at radius 1 is 1.33 bits per heavy atom. The second-order valence-corrected chi connectivity index (χ2v) is 6.92. The van der Waals surface area contributed by atoms with Crippen molar-refractivity contribution in [2.24, 2.45) is 11.8 Å². The molecule has 1 saturated heterocycles. The highest BCUT2D eigenvalue weighted by Gasteiger charge is 2.37. The Kier molecular flexibility index (Phi) is 6.16. The molecule has 2 rings (SSSR count). The van der Waals surface area contributed by atoms with Gasteiger partial charge in [0, 0.05) is 46.1 Å². The molecule has 0 bridgehead atoms. The summed E-state index contributed by atoms with van der Waals surface area (Å²) >= 11 is 0. The van der Waals surface area contributed by atoms with Crippen molar-refractivity contribution in [1.29, 1.82) is 0 Å². The van der Waals surface area contributed by atoms with Crippen molar-refractivity contribution in [1.82, 2.24) is 29.9 Å². The van der Waals surface area contributed by atoms with Gasteiger partial charge in [0.15, 0.2) is 0 Å². The first-order valence-electron chi connectivity index (χ1n) is 8.46. The summed E-state index contributed by atoms with van der Waals surface area (Å²) in [5, 5.41) is 7.08. The minimum Gasteiger partial charge on any atom is -0.340 e. The fourth-order valence-electron chi connectivity index (χ4n) is 3.05. The third kappa shape index (κ3) is 4.69. The second kappa shape index (κ2) is 8.12. The van der Waals surface area contributed by atoms with Crippen LogP contribution in [0, 0.1) is 11.8 Å². The first-order valence-corrected chi connectivity index (χ1v) is 8.46. The number of aryl methyl sites for hydroxylation is 1. The Labute approximate surface area is 143 Å². The van der Waals surface area contributed by atoms with E-state index in [9.17, 15) is 9.59 Å². The SMILES string of the molecule is CC(C)C1CN(C(=O)CCCn2cncn2)CC1NC(=O)N(C)C. The topological polar surface area (TPSA) is 83.4 Å². The molecule has 2 heterocycles. The van der Waals surface area contributed by atoms with Crippen LogP contribution in [-0.2, 0) is 11.3 Å². The number of aromatic nitrogens is 3. The minimum absolute atomic E-state index is 0.0131. The van der Waals surface area contributed by atoms with Gasteiger partial charge >= 0.3 is 6.03 Å². The Hall–Kier alpha value is -2.12. The summed E-state index contributed by atoms with van der Waals surface area (Å²) in [6, 6.07) is -0.0923. The predicted octanol–water partition coefficient (Wildman–Crippen LogP) is 0.813. The van der Waals surface area contributed by atoms with Crippen LogP contribution in [0.3, 0.4) is 0 Å². The highest BCUT2D eigenvalue weighted by molar-refractivity contribution is 5.77. The summed E-state index contributed by atoms with van der Waals surface area (Å²) in [7, 11) is 3.45. The van der Waals surface area contributed by atoms with Crippen LogP contribution in [0.5, 0.6) is 0 Å². The molecule has 3 amide bonds. The van der Waals surface area contributed by atoms with E-state index in [0.29, 0.717) is 32.0 Å². The van der Waals surface area contributed by atoms with Gasteiger partial charge in [-0.05, 0) is 12.3 Å². The average molecular weight is 336 g/mol. The van der Waals surface area contributed by atoms with Crippen molar-refractivity contribution in [3.05, 3.63) is 12.7 Å². The van der Waals surface area contributed by atoms with Gasteiger partial charge in [-0.1, -0.05) is 13.8 Å². The van der Waals surface area contributed by atoms with Crippen molar-refractivity contribution >= 4 is 11.9 Å². The quantitative estimate of drug-likeness (QED) is 0.833. The van der Waals surface area contributed by atoms with Crippen LogP contribution < -0.4 is 5.32 Å². The molecule has 8 nitrogen and oxygen atoms in total. The first kappa shape index (κ1) is 18.2. The molecular formula is C16H28N6O2. The van der Waals surface area contributed by atoms with Crippen LogP contribution in [0.1, 0.15) is 26.7 Å². The van der Waals surface area contributed by atoms with Gasteiger partial charge in [0.25, 0.3) is 0 Å². The highest BCUT2D eigenvalue weighted by atomic mass is 16.2. The number of nitrogens with one attached hydrogen (secondary N) is 1. The summed E-state index contributed by atoms with van der Waals surface area (Å²) < 4.78 is 1.73. The zero-order valence-electron chi connectivity index (χ0n) is 15.0. The van der Waals surface area contributed by atoms with Crippen molar-refractivity contribution in [3.63, 3.8) is 0 Å². The number of hydrogen-bond donors (Lipinski definition) is 1. The Balaban J connectivity index is 1.86. The number of amides is 3. The normalized spacial score (nSPS) is 20.5. The van der Waals surface area contributed by atoms with Crippen molar-refractivity contribution < 1.29 is 9.59 Å². The van der Waals surface area contributed by atoms with E-state index in [4.69, 9.17) is 0 Å². The maximum atomic E-state index is 12.5. The Bertz CT molecular complexity index is 543. The molecule has 2 unspecified atom stereocenters. The lowest BCUT2D eigenvalue weighted by Crippen LogP contribution is -2.46. The molecule has 0 radical (unpaired) electrons. The van der Waals surface area contributed by atoms with Crippen LogP contribution in [0.2, 0.25) is 0 Å². The fraction of sp³-hybridized carbons (Fsp3) is 0.750. The van der Waals surface area contributed by atoms with Gasteiger partial charge in [0.1, 0.15) is 12.7 Å². The number of likely N-dealkylation sites (tertiary alicyclic amines) is 1. The Morgan fingerprint density at radius 2 is 2.08 bits per heavy atom. The van der Waals surface area contributed by atoms with E-state index in [2.05, 4.69) is 29.2 Å². The largest absolute Gasteiger partial charge is 0.340 e. The summed E-state index contributed by atoms with van der Waals surface area (Å²) in [5.74, 6) is 0.834. The Morgan fingerprint density at radius 3 is 2.67 bits per heavy atom. The van der Waals surface area contributed by atoms with Crippen LogP contribution in [0.25, 0.3) is 0 Å². The number of carbonyl (C=O) groups is 2. The van der Waals surface area contributed by atoms with E-state index in [0.717, 1.165) is 6.42 Å². The second-order valence-electron chi connectivity index (χ2n) is 6.92. The lowest BCUT2D eigenvalue weighted by molar-refractivity contribution is -0.130. The van der Waals surface area contributed by atoms with Crippen molar-refractivity contribution in [3.8, 4) is 0 Å². The van der Waals surface area contributed by atoms with Crippen LogP contribution in [-0.4, -0.2) is 69.7 Å². The molecule has 2 atom stereocenters. The van der Waals surface area contributed by atoms with Crippen molar-refractivity contribution in [2.75, 3.05) is 27.2 Å². The molecule has 134 valence electrons. The minimum atomic E-state index is -0.105. The lowest BCUT2D eigenvalue weighted by atomic mass is 9.91. The molecular weight excluding hydrogens is 308 g/mol. The maximum absolute atomic E-state index is 12.5. The number of rotatable bonds is 6. The standard InChI is InChI=1S/C16H28N6O2/c1-12(2)13-8-21(9-14(13)19-16(24)20(3)4)15(23)6-5-7-22-11-17-10-18-22/h10-14H,5-9H2,1-4H3,(H,19,24). The monoisotopic (exact) mass is 336 g/mol. The first-order chi connectivity index (χ1) is 11.4. The van der Waals surface area contributed by atoms with E-state index < -0.39 is 0 Å². The fourth-order valence-corrected chi connectivity index (χ4v) is 3.05. The van der Waals surface area contributed by atoms with Gasteiger partial charge < -0.3 is 15.1 Å². The van der Waals surface area contributed by atoms with E-state index in [1.54, 1.807) is 25.1 Å². The van der Waals surface area contributed by atoms with Gasteiger partial charge in [0.05, 0.1) is 6.04 Å². The summed E-state index contributed by atoms with van der Waals surface area (Å²) in [6.07, 6.45) is 4.37. The van der Waals surface area contributed by atoms with E-state index in [-0.39, 0.29) is 23.9 Å². The predicted molar refractivity (Wildman–Crippen MR) is 90.2 cm³/mol. The van der Waals surface area contributed by atoms with Crippen molar-refractivity contribution in [2.45, 2.75) is 39.3 Å². The lowest BCUT2D eigenvalue weighted by Gasteiger charge is -2.24. The number of nitrogens with zero attached hydrogens (tertiary/aromatic N) is 5. The molecule has 24 heavy (non-hydrogen) atoms.